The first-order valence-electron chi connectivity index (χ1n) is 7.89. The lowest BCUT2D eigenvalue weighted by atomic mass is 10.0. The SMILES string of the molecule is CCc1cc2c(N3CCCC3C(C)C)nc(NC)nc2s1. The van der Waals surface area contributed by atoms with Gasteiger partial charge in [-0.2, -0.15) is 4.98 Å². The number of rotatable bonds is 4. The summed E-state index contributed by atoms with van der Waals surface area (Å²) in [5.74, 6) is 2.51. The highest BCUT2D eigenvalue weighted by Crippen LogP contribution is 2.36. The van der Waals surface area contributed by atoms with Crippen molar-refractivity contribution in [1.82, 2.24) is 9.97 Å². The number of thiophene rings is 1. The average Bonchev–Trinajstić information content (AvgIpc) is 3.11. The lowest BCUT2D eigenvalue weighted by Crippen LogP contribution is -2.34. The average molecular weight is 304 g/mol. The van der Waals surface area contributed by atoms with E-state index in [1.165, 1.54) is 23.1 Å². The van der Waals surface area contributed by atoms with Crippen molar-refractivity contribution >= 4 is 33.3 Å². The number of nitrogens with one attached hydrogen (secondary N) is 1. The summed E-state index contributed by atoms with van der Waals surface area (Å²) in [7, 11) is 1.89. The van der Waals surface area contributed by atoms with Gasteiger partial charge >= 0.3 is 0 Å². The minimum atomic E-state index is 0.595. The number of aryl methyl sites for hydroxylation is 1. The maximum absolute atomic E-state index is 4.79. The van der Waals surface area contributed by atoms with Gasteiger partial charge in [0.2, 0.25) is 5.95 Å². The molecule has 1 saturated heterocycles. The Kier molecular flexibility index (Phi) is 4.02. The largest absolute Gasteiger partial charge is 0.357 e. The molecule has 4 nitrogen and oxygen atoms in total. The Labute approximate surface area is 130 Å². The zero-order chi connectivity index (χ0) is 15.0. The molecule has 2 aromatic rings. The number of hydrogen-bond acceptors (Lipinski definition) is 5. The van der Waals surface area contributed by atoms with Gasteiger partial charge in [0.1, 0.15) is 10.6 Å². The normalized spacial score (nSPS) is 18.9. The van der Waals surface area contributed by atoms with Crippen LogP contribution < -0.4 is 10.2 Å². The Hall–Kier alpha value is -1.36. The molecule has 1 fully saturated rings. The van der Waals surface area contributed by atoms with Crippen molar-refractivity contribution in [2.75, 3.05) is 23.8 Å². The molecule has 1 aliphatic heterocycles. The summed E-state index contributed by atoms with van der Waals surface area (Å²) >= 11 is 1.79. The maximum atomic E-state index is 4.79. The van der Waals surface area contributed by atoms with Gasteiger partial charge in [0.15, 0.2) is 0 Å². The molecule has 1 unspecified atom stereocenters. The Morgan fingerprint density at radius 1 is 1.43 bits per heavy atom. The van der Waals surface area contributed by atoms with E-state index in [-0.39, 0.29) is 0 Å². The lowest BCUT2D eigenvalue weighted by Gasteiger charge is -2.29. The molecule has 3 heterocycles. The Morgan fingerprint density at radius 2 is 2.24 bits per heavy atom. The van der Waals surface area contributed by atoms with Gasteiger partial charge < -0.3 is 10.2 Å². The molecule has 5 heteroatoms. The van der Waals surface area contributed by atoms with Crippen LogP contribution in [0.1, 0.15) is 38.5 Å². The van der Waals surface area contributed by atoms with Crippen LogP contribution in [0.25, 0.3) is 10.2 Å². The molecule has 0 radical (unpaired) electrons. The maximum Gasteiger partial charge on any atom is 0.225 e. The van der Waals surface area contributed by atoms with E-state index in [2.05, 4.69) is 42.0 Å². The van der Waals surface area contributed by atoms with E-state index in [9.17, 15) is 0 Å². The summed E-state index contributed by atoms with van der Waals surface area (Å²) in [5.41, 5.74) is 0. The predicted octanol–water partition coefficient (Wildman–Crippen LogP) is 3.92. The summed E-state index contributed by atoms with van der Waals surface area (Å²) in [6.45, 7) is 7.93. The summed E-state index contributed by atoms with van der Waals surface area (Å²) in [5, 5.41) is 4.34. The van der Waals surface area contributed by atoms with Gasteiger partial charge in [0.25, 0.3) is 0 Å². The van der Waals surface area contributed by atoms with Crippen molar-refractivity contribution in [3.8, 4) is 0 Å². The quantitative estimate of drug-likeness (QED) is 0.929. The van der Waals surface area contributed by atoms with Crippen molar-refractivity contribution in [2.45, 2.75) is 46.1 Å². The first kappa shape index (κ1) is 14.6. The monoisotopic (exact) mass is 304 g/mol. The highest BCUT2D eigenvalue weighted by Gasteiger charge is 2.30. The molecular formula is C16H24N4S. The Morgan fingerprint density at radius 3 is 2.90 bits per heavy atom. The summed E-state index contributed by atoms with van der Waals surface area (Å²) in [4.78, 5) is 14.4. The summed E-state index contributed by atoms with van der Waals surface area (Å²) in [6.07, 6.45) is 3.58. The fourth-order valence-corrected chi connectivity index (χ4v) is 4.17. The molecule has 0 bridgehead atoms. The molecule has 21 heavy (non-hydrogen) atoms. The lowest BCUT2D eigenvalue weighted by molar-refractivity contribution is 0.490. The third kappa shape index (κ3) is 2.59. The number of hydrogen-bond donors (Lipinski definition) is 1. The van der Waals surface area contributed by atoms with Crippen LogP contribution in [0, 0.1) is 5.92 Å². The van der Waals surface area contributed by atoms with Gasteiger partial charge in [-0.15, -0.1) is 11.3 Å². The molecule has 1 N–H and O–H groups in total. The second kappa shape index (κ2) is 5.79. The van der Waals surface area contributed by atoms with Crippen LogP contribution in [0.15, 0.2) is 6.07 Å². The third-order valence-corrected chi connectivity index (χ3v) is 5.51. The van der Waals surface area contributed by atoms with Crippen molar-refractivity contribution in [1.29, 1.82) is 0 Å². The van der Waals surface area contributed by atoms with Gasteiger partial charge in [-0.3, -0.25) is 0 Å². The van der Waals surface area contributed by atoms with Crippen LogP contribution in [0.2, 0.25) is 0 Å². The van der Waals surface area contributed by atoms with E-state index >= 15 is 0 Å². The second-order valence-electron chi connectivity index (χ2n) is 6.05. The molecular weight excluding hydrogens is 280 g/mol. The minimum Gasteiger partial charge on any atom is -0.357 e. The highest BCUT2D eigenvalue weighted by molar-refractivity contribution is 7.18. The first-order chi connectivity index (χ1) is 10.1. The zero-order valence-electron chi connectivity index (χ0n) is 13.3. The van der Waals surface area contributed by atoms with E-state index in [0.29, 0.717) is 12.0 Å². The van der Waals surface area contributed by atoms with E-state index in [1.807, 2.05) is 7.05 Å². The van der Waals surface area contributed by atoms with Gasteiger partial charge in [-0.05, 0) is 31.2 Å². The van der Waals surface area contributed by atoms with Gasteiger partial charge in [-0.25, -0.2) is 4.98 Å². The van der Waals surface area contributed by atoms with E-state index < -0.39 is 0 Å². The molecule has 0 aliphatic carbocycles. The molecule has 114 valence electrons. The van der Waals surface area contributed by atoms with E-state index in [4.69, 9.17) is 4.98 Å². The molecule has 0 aromatic carbocycles. The molecule has 3 rings (SSSR count). The number of anilines is 2. The van der Waals surface area contributed by atoms with Crippen molar-refractivity contribution in [3.63, 3.8) is 0 Å². The van der Waals surface area contributed by atoms with E-state index in [0.717, 1.165) is 29.6 Å². The number of fused-ring (bicyclic) bond motifs is 1. The topological polar surface area (TPSA) is 41.1 Å². The molecule has 0 amide bonds. The van der Waals surface area contributed by atoms with Gasteiger partial charge in [0.05, 0.1) is 5.39 Å². The predicted molar refractivity (Wildman–Crippen MR) is 91.5 cm³/mol. The minimum absolute atomic E-state index is 0.595. The first-order valence-corrected chi connectivity index (χ1v) is 8.70. The van der Waals surface area contributed by atoms with Gasteiger partial charge in [-0.1, -0.05) is 20.8 Å². The molecule has 2 aromatic heterocycles. The molecule has 0 saturated carbocycles. The van der Waals surface area contributed by atoms with Crippen LogP contribution in [0.5, 0.6) is 0 Å². The number of nitrogens with zero attached hydrogens (tertiary/aromatic N) is 3. The van der Waals surface area contributed by atoms with Crippen LogP contribution in [0.3, 0.4) is 0 Å². The highest BCUT2D eigenvalue weighted by atomic mass is 32.1. The second-order valence-corrected chi connectivity index (χ2v) is 7.17. The van der Waals surface area contributed by atoms with Crippen LogP contribution in [-0.2, 0) is 6.42 Å². The van der Waals surface area contributed by atoms with Crippen LogP contribution in [0.4, 0.5) is 11.8 Å². The Bertz CT molecular complexity index is 634. The van der Waals surface area contributed by atoms with Crippen molar-refractivity contribution < 1.29 is 0 Å². The molecule has 1 aliphatic rings. The molecule has 1 atom stereocenters. The fourth-order valence-electron chi connectivity index (χ4n) is 3.21. The summed E-state index contributed by atoms with van der Waals surface area (Å²) < 4.78 is 0. The zero-order valence-corrected chi connectivity index (χ0v) is 14.1. The van der Waals surface area contributed by atoms with Gasteiger partial charge in [0, 0.05) is 24.5 Å². The van der Waals surface area contributed by atoms with Crippen molar-refractivity contribution in [3.05, 3.63) is 10.9 Å². The fraction of sp³-hybridized carbons (Fsp3) is 0.625. The van der Waals surface area contributed by atoms with Crippen LogP contribution in [-0.4, -0.2) is 29.6 Å². The standard InChI is InChI=1S/C16H24N4S/c1-5-11-9-12-14(18-16(17-4)19-15(12)21-11)20-8-6-7-13(20)10(2)3/h9-10,13H,5-8H2,1-4H3,(H,17,18,19). The smallest absolute Gasteiger partial charge is 0.225 e. The summed E-state index contributed by atoms with van der Waals surface area (Å²) in [6, 6.07) is 2.88. The van der Waals surface area contributed by atoms with Crippen molar-refractivity contribution in [2.24, 2.45) is 5.92 Å². The van der Waals surface area contributed by atoms with E-state index in [1.54, 1.807) is 11.3 Å². The number of aromatic nitrogens is 2. The Balaban J connectivity index is 2.13. The van der Waals surface area contributed by atoms with Crippen LogP contribution >= 0.6 is 11.3 Å². The third-order valence-electron chi connectivity index (χ3n) is 4.34. The molecule has 0 spiro atoms.